The molecule has 1 aliphatic heterocycles. The molecule has 0 spiro atoms. The van der Waals surface area contributed by atoms with Gasteiger partial charge in [-0.3, -0.25) is 4.79 Å². The molecule has 3 aromatic rings. The Labute approximate surface area is 182 Å². The molecule has 3 N–H and O–H groups in total. The molecule has 164 valence electrons. The number of carbonyl (C=O) groups excluding carboxylic acids is 1. The Morgan fingerprint density at radius 3 is 3.06 bits per heavy atom. The molecule has 1 aliphatic rings. The van der Waals surface area contributed by atoms with E-state index >= 15 is 0 Å². The third-order valence-electron chi connectivity index (χ3n) is 5.70. The minimum Gasteiger partial charge on any atom is -0.391 e. The quantitative estimate of drug-likeness (QED) is 0.481. The number of nitrogens with one attached hydrogen (secondary N) is 2. The highest BCUT2D eigenvalue weighted by atomic mass is 31.0. The van der Waals surface area contributed by atoms with Crippen molar-refractivity contribution in [2.75, 3.05) is 42.6 Å². The van der Waals surface area contributed by atoms with Crippen LogP contribution >= 0.6 is 9.24 Å². The largest absolute Gasteiger partial charge is 0.391 e. The Bertz CT molecular complexity index is 1080. The van der Waals surface area contributed by atoms with Crippen LogP contribution in [-0.4, -0.2) is 71.0 Å². The second kappa shape index (κ2) is 9.16. The van der Waals surface area contributed by atoms with Crippen molar-refractivity contribution in [2.45, 2.75) is 18.6 Å². The maximum atomic E-state index is 14.9. The van der Waals surface area contributed by atoms with Gasteiger partial charge in [0, 0.05) is 44.5 Å². The van der Waals surface area contributed by atoms with Crippen molar-refractivity contribution in [3.8, 4) is 0 Å². The van der Waals surface area contributed by atoms with Crippen LogP contribution in [-0.2, 0) is 0 Å². The van der Waals surface area contributed by atoms with Crippen LogP contribution in [0.1, 0.15) is 16.8 Å². The topological polar surface area (TPSA) is 97.4 Å². The van der Waals surface area contributed by atoms with Crippen LogP contribution in [0.3, 0.4) is 0 Å². The van der Waals surface area contributed by atoms with Crippen molar-refractivity contribution >= 4 is 37.7 Å². The number of benzene rings is 1. The number of halogens is 1. The molecule has 0 bridgehead atoms. The number of anilines is 2. The number of fused-ring (bicyclic) bond motifs is 1. The molecule has 4 rings (SSSR count). The number of aliphatic hydroxyl groups is 1. The predicted molar refractivity (Wildman–Crippen MR) is 122 cm³/mol. The number of H-pyrrole nitrogens is 1. The van der Waals surface area contributed by atoms with Crippen molar-refractivity contribution in [3.63, 3.8) is 0 Å². The van der Waals surface area contributed by atoms with Gasteiger partial charge in [-0.15, -0.1) is 9.24 Å². The lowest BCUT2D eigenvalue weighted by molar-refractivity contribution is 0.0925. The fourth-order valence-corrected chi connectivity index (χ4v) is 4.05. The first kappa shape index (κ1) is 21.5. The molecule has 10 heteroatoms. The summed E-state index contributed by atoms with van der Waals surface area (Å²) in [6.45, 7) is 1.65. The van der Waals surface area contributed by atoms with E-state index in [1.54, 1.807) is 18.5 Å². The third-order valence-corrected chi connectivity index (χ3v) is 6.25. The summed E-state index contributed by atoms with van der Waals surface area (Å²) >= 11 is 0. The van der Waals surface area contributed by atoms with Gasteiger partial charge in [-0.1, -0.05) is 0 Å². The van der Waals surface area contributed by atoms with E-state index in [0.717, 1.165) is 29.8 Å². The second-order valence-electron chi connectivity index (χ2n) is 7.70. The van der Waals surface area contributed by atoms with Crippen molar-refractivity contribution < 1.29 is 14.3 Å². The number of carbonyl (C=O) groups is 1. The molecule has 3 heterocycles. The Kier molecular flexibility index (Phi) is 6.34. The zero-order valence-electron chi connectivity index (χ0n) is 17.3. The highest BCUT2D eigenvalue weighted by molar-refractivity contribution is 7.16. The summed E-state index contributed by atoms with van der Waals surface area (Å²) in [5.41, 5.74) is 1.48. The summed E-state index contributed by atoms with van der Waals surface area (Å²) in [5.74, 6) is 0.0227. The summed E-state index contributed by atoms with van der Waals surface area (Å²) in [4.78, 5) is 28.1. The standard InChI is InChI=1S/C21H26FN6O2P/c1-27(18-3-2-13(8-17(18)22)21(30)24-9-15(29)11-31)14-5-7-28(10-14)20-16-4-6-23-19(16)25-12-26-20/h2-4,6,8,12,14-15,29H,5,7,9-11,31H2,1H3,(H,24,30)(H,23,25,26). The Morgan fingerprint density at radius 2 is 2.29 bits per heavy atom. The summed E-state index contributed by atoms with van der Waals surface area (Å²) in [6.07, 6.45) is 4.07. The Morgan fingerprint density at radius 1 is 1.45 bits per heavy atom. The first-order chi connectivity index (χ1) is 15.0. The summed E-state index contributed by atoms with van der Waals surface area (Å²) in [6, 6.07) is 6.56. The molecule has 3 atom stereocenters. The lowest BCUT2D eigenvalue weighted by Crippen LogP contribution is -2.35. The van der Waals surface area contributed by atoms with E-state index in [1.807, 2.05) is 24.2 Å². The third kappa shape index (κ3) is 4.48. The van der Waals surface area contributed by atoms with Crippen LogP contribution in [0.25, 0.3) is 11.0 Å². The molecule has 31 heavy (non-hydrogen) atoms. The van der Waals surface area contributed by atoms with E-state index in [4.69, 9.17) is 0 Å². The first-order valence-corrected chi connectivity index (χ1v) is 11.0. The fourth-order valence-electron chi connectivity index (χ4n) is 3.89. The highest BCUT2D eigenvalue weighted by Gasteiger charge is 2.29. The molecule has 1 saturated heterocycles. The second-order valence-corrected chi connectivity index (χ2v) is 8.17. The van der Waals surface area contributed by atoms with Crippen LogP contribution in [0.15, 0.2) is 36.8 Å². The van der Waals surface area contributed by atoms with E-state index in [0.29, 0.717) is 18.4 Å². The number of aliphatic hydroxyl groups excluding tert-OH is 1. The molecule has 8 nitrogen and oxygen atoms in total. The number of amides is 1. The number of aromatic amines is 1. The van der Waals surface area contributed by atoms with Crippen LogP contribution in [0.2, 0.25) is 0 Å². The lowest BCUT2D eigenvalue weighted by atomic mass is 10.1. The predicted octanol–water partition coefficient (Wildman–Crippen LogP) is 1.78. The van der Waals surface area contributed by atoms with Crippen molar-refractivity contribution in [3.05, 3.63) is 48.2 Å². The molecule has 1 fully saturated rings. The molecular weight excluding hydrogens is 418 g/mol. The minimum absolute atomic E-state index is 0.107. The van der Waals surface area contributed by atoms with Crippen molar-refractivity contribution in [2.24, 2.45) is 0 Å². The molecule has 1 amide bonds. The van der Waals surface area contributed by atoms with Gasteiger partial charge in [-0.2, -0.15) is 0 Å². The summed E-state index contributed by atoms with van der Waals surface area (Å²) in [5, 5.41) is 13.2. The molecule has 0 radical (unpaired) electrons. The SMILES string of the molecule is CN(c1ccc(C(=O)NCC(O)CP)cc1F)C1CCN(c2ncnc3[nH]ccc23)C1. The van der Waals surface area contributed by atoms with E-state index < -0.39 is 17.8 Å². The van der Waals surface area contributed by atoms with Gasteiger partial charge in [0.15, 0.2) is 0 Å². The fraction of sp³-hybridized carbons (Fsp3) is 0.381. The number of hydrogen-bond acceptors (Lipinski definition) is 6. The van der Waals surface area contributed by atoms with Gasteiger partial charge in [0.1, 0.15) is 23.6 Å². The van der Waals surface area contributed by atoms with Crippen LogP contribution in [0.4, 0.5) is 15.9 Å². The van der Waals surface area contributed by atoms with Gasteiger partial charge in [0.25, 0.3) is 5.91 Å². The molecule has 0 aliphatic carbocycles. The van der Waals surface area contributed by atoms with Crippen molar-refractivity contribution in [1.29, 1.82) is 0 Å². The van der Waals surface area contributed by atoms with Crippen LogP contribution < -0.4 is 15.1 Å². The normalized spacial score (nSPS) is 17.2. The molecule has 1 aromatic carbocycles. The lowest BCUT2D eigenvalue weighted by Gasteiger charge is -2.27. The Hall–Kier alpha value is -2.77. The zero-order chi connectivity index (χ0) is 22.0. The summed E-state index contributed by atoms with van der Waals surface area (Å²) < 4.78 is 14.9. The van der Waals surface area contributed by atoms with E-state index in [2.05, 4.69) is 34.4 Å². The van der Waals surface area contributed by atoms with Gasteiger partial charge in [-0.05, 0) is 36.8 Å². The summed E-state index contributed by atoms with van der Waals surface area (Å²) in [7, 11) is 4.28. The zero-order valence-corrected chi connectivity index (χ0v) is 18.4. The number of likely N-dealkylation sites (N-methyl/N-ethyl adjacent to an activating group) is 1. The average Bonchev–Trinajstić information content (AvgIpc) is 3.46. The highest BCUT2D eigenvalue weighted by Crippen LogP contribution is 2.29. The van der Waals surface area contributed by atoms with E-state index in [-0.39, 0.29) is 18.2 Å². The maximum absolute atomic E-state index is 14.9. The van der Waals surface area contributed by atoms with Gasteiger partial charge in [0.05, 0.1) is 17.2 Å². The minimum atomic E-state index is -0.642. The molecule has 0 saturated carbocycles. The van der Waals surface area contributed by atoms with E-state index in [9.17, 15) is 14.3 Å². The molecule has 3 unspecified atom stereocenters. The number of aromatic nitrogens is 3. The van der Waals surface area contributed by atoms with Crippen LogP contribution in [0, 0.1) is 5.82 Å². The molecule has 2 aromatic heterocycles. The number of rotatable bonds is 7. The van der Waals surface area contributed by atoms with Gasteiger partial charge < -0.3 is 25.2 Å². The maximum Gasteiger partial charge on any atom is 0.251 e. The molecular formula is C21H26FN6O2P. The monoisotopic (exact) mass is 444 g/mol. The Balaban J connectivity index is 1.44. The van der Waals surface area contributed by atoms with E-state index in [1.165, 1.54) is 6.07 Å². The van der Waals surface area contributed by atoms with Gasteiger partial charge in [-0.25, -0.2) is 14.4 Å². The first-order valence-electron chi connectivity index (χ1n) is 10.2. The van der Waals surface area contributed by atoms with Gasteiger partial charge >= 0.3 is 0 Å². The number of hydrogen-bond donors (Lipinski definition) is 3. The smallest absolute Gasteiger partial charge is 0.251 e. The van der Waals surface area contributed by atoms with Gasteiger partial charge in [0.2, 0.25) is 0 Å². The number of nitrogens with zero attached hydrogens (tertiary/aromatic N) is 4. The average molecular weight is 444 g/mol. The van der Waals surface area contributed by atoms with Crippen molar-refractivity contribution in [1.82, 2.24) is 20.3 Å². The van der Waals surface area contributed by atoms with Crippen LogP contribution in [0.5, 0.6) is 0 Å².